The lowest BCUT2D eigenvalue weighted by atomic mass is 9.90. The van der Waals surface area contributed by atoms with Crippen LogP contribution in [-0.2, 0) is 0 Å². The molecular formula is C12H21N3. The highest BCUT2D eigenvalue weighted by Crippen LogP contribution is 2.26. The van der Waals surface area contributed by atoms with Crippen molar-refractivity contribution in [1.82, 2.24) is 10.4 Å². The maximum atomic E-state index is 5.63. The lowest BCUT2D eigenvalue weighted by Crippen LogP contribution is -2.33. The third-order valence-corrected chi connectivity index (χ3v) is 2.95. The Morgan fingerprint density at radius 3 is 2.47 bits per heavy atom. The Morgan fingerprint density at radius 2 is 2.00 bits per heavy atom. The van der Waals surface area contributed by atoms with Gasteiger partial charge in [-0.25, -0.2) is 0 Å². The summed E-state index contributed by atoms with van der Waals surface area (Å²) in [6.45, 7) is 6.44. The summed E-state index contributed by atoms with van der Waals surface area (Å²) in [7, 11) is 0. The van der Waals surface area contributed by atoms with Crippen LogP contribution >= 0.6 is 0 Å². The summed E-state index contributed by atoms with van der Waals surface area (Å²) in [5.74, 6) is 6.20. The first-order valence-electron chi connectivity index (χ1n) is 5.60. The van der Waals surface area contributed by atoms with E-state index in [2.05, 4.69) is 37.2 Å². The summed E-state index contributed by atoms with van der Waals surface area (Å²) in [5, 5.41) is 0. The zero-order valence-electron chi connectivity index (χ0n) is 9.83. The summed E-state index contributed by atoms with van der Waals surface area (Å²) >= 11 is 0. The molecule has 3 N–H and O–H groups in total. The van der Waals surface area contributed by atoms with E-state index in [1.807, 2.05) is 12.4 Å². The Morgan fingerprint density at radius 1 is 1.33 bits per heavy atom. The fourth-order valence-corrected chi connectivity index (χ4v) is 2.01. The monoisotopic (exact) mass is 207 g/mol. The number of aromatic nitrogens is 1. The lowest BCUT2D eigenvalue weighted by Gasteiger charge is -2.24. The van der Waals surface area contributed by atoms with Crippen molar-refractivity contribution < 1.29 is 0 Å². The highest BCUT2D eigenvalue weighted by Gasteiger charge is 2.19. The molecule has 84 valence electrons. The first-order valence-corrected chi connectivity index (χ1v) is 5.60. The first kappa shape index (κ1) is 12.1. The van der Waals surface area contributed by atoms with Crippen LogP contribution < -0.4 is 11.3 Å². The molecular weight excluding hydrogens is 186 g/mol. The number of nitrogens with zero attached hydrogens (tertiary/aromatic N) is 1. The molecule has 3 heteroatoms. The molecule has 0 aliphatic heterocycles. The predicted molar refractivity (Wildman–Crippen MR) is 63.1 cm³/mol. The van der Waals surface area contributed by atoms with Gasteiger partial charge in [0.2, 0.25) is 0 Å². The van der Waals surface area contributed by atoms with Gasteiger partial charge in [-0.1, -0.05) is 32.8 Å². The lowest BCUT2D eigenvalue weighted by molar-refractivity contribution is 0.345. The molecule has 1 atom stereocenters. The third-order valence-electron chi connectivity index (χ3n) is 2.95. The van der Waals surface area contributed by atoms with Gasteiger partial charge in [-0.15, -0.1) is 0 Å². The van der Waals surface area contributed by atoms with Crippen LogP contribution in [0.5, 0.6) is 0 Å². The van der Waals surface area contributed by atoms with E-state index in [-0.39, 0.29) is 6.04 Å². The molecule has 1 heterocycles. The average Bonchev–Trinajstić information content (AvgIpc) is 2.25. The van der Waals surface area contributed by atoms with E-state index in [9.17, 15) is 0 Å². The number of aryl methyl sites for hydroxylation is 1. The molecule has 15 heavy (non-hydrogen) atoms. The van der Waals surface area contributed by atoms with Crippen molar-refractivity contribution in [3.05, 3.63) is 29.6 Å². The quantitative estimate of drug-likeness (QED) is 0.575. The van der Waals surface area contributed by atoms with Gasteiger partial charge in [-0.05, 0) is 24.0 Å². The second-order valence-electron chi connectivity index (χ2n) is 4.02. The predicted octanol–water partition coefficient (Wildman–Crippen LogP) is 2.33. The zero-order valence-corrected chi connectivity index (χ0v) is 9.83. The molecule has 0 spiro atoms. The van der Waals surface area contributed by atoms with Gasteiger partial charge in [-0.2, -0.15) is 0 Å². The van der Waals surface area contributed by atoms with Gasteiger partial charge < -0.3 is 0 Å². The standard InChI is InChI=1S/C12H21N3/c1-4-10(5-2)12(15-13)11-6-9(3)7-14-8-11/h6-8,10,12,15H,4-5,13H2,1-3H3. The summed E-state index contributed by atoms with van der Waals surface area (Å²) in [5.41, 5.74) is 5.27. The van der Waals surface area contributed by atoms with Gasteiger partial charge in [0.1, 0.15) is 0 Å². The fourth-order valence-electron chi connectivity index (χ4n) is 2.01. The van der Waals surface area contributed by atoms with E-state index in [1.165, 1.54) is 11.1 Å². The van der Waals surface area contributed by atoms with Gasteiger partial charge in [0.05, 0.1) is 6.04 Å². The summed E-state index contributed by atoms with van der Waals surface area (Å²) in [6, 6.07) is 2.36. The summed E-state index contributed by atoms with van der Waals surface area (Å²) in [6.07, 6.45) is 6.01. The van der Waals surface area contributed by atoms with Crippen molar-refractivity contribution in [2.24, 2.45) is 11.8 Å². The number of nitrogens with two attached hydrogens (primary N) is 1. The van der Waals surface area contributed by atoms with Crippen LogP contribution in [0.2, 0.25) is 0 Å². The molecule has 0 aliphatic carbocycles. The van der Waals surface area contributed by atoms with Crippen molar-refractivity contribution in [3.63, 3.8) is 0 Å². The largest absolute Gasteiger partial charge is 0.271 e. The molecule has 0 saturated carbocycles. The molecule has 1 rings (SSSR count). The van der Waals surface area contributed by atoms with Crippen LogP contribution in [0.15, 0.2) is 18.5 Å². The third kappa shape index (κ3) is 3.01. The molecule has 0 bridgehead atoms. The van der Waals surface area contributed by atoms with Crippen LogP contribution in [0.1, 0.15) is 43.9 Å². The number of nitrogens with one attached hydrogen (secondary N) is 1. The van der Waals surface area contributed by atoms with Crippen molar-refractivity contribution in [1.29, 1.82) is 0 Å². The fraction of sp³-hybridized carbons (Fsp3) is 0.583. The van der Waals surface area contributed by atoms with Gasteiger partial charge in [0.25, 0.3) is 0 Å². The topological polar surface area (TPSA) is 50.9 Å². The van der Waals surface area contributed by atoms with E-state index >= 15 is 0 Å². The average molecular weight is 207 g/mol. The minimum Gasteiger partial charge on any atom is -0.271 e. The molecule has 0 fully saturated rings. The SMILES string of the molecule is CCC(CC)C(NN)c1cncc(C)c1. The van der Waals surface area contributed by atoms with Gasteiger partial charge in [0, 0.05) is 12.4 Å². The number of hydrogen-bond donors (Lipinski definition) is 2. The highest BCUT2D eigenvalue weighted by atomic mass is 15.2. The molecule has 3 nitrogen and oxygen atoms in total. The Labute approximate surface area is 92.1 Å². The Hall–Kier alpha value is -0.930. The molecule has 1 unspecified atom stereocenters. The number of rotatable bonds is 5. The normalized spacial score (nSPS) is 13.1. The molecule has 0 aliphatic rings. The Kier molecular flexibility index (Phi) is 4.72. The molecule has 0 radical (unpaired) electrons. The highest BCUT2D eigenvalue weighted by molar-refractivity contribution is 5.20. The zero-order chi connectivity index (χ0) is 11.3. The molecule has 0 saturated heterocycles. The van der Waals surface area contributed by atoms with Gasteiger partial charge in [-0.3, -0.25) is 16.3 Å². The maximum absolute atomic E-state index is 5.63. The second-order valence-corrected chi connectivity index (χ2v) is 4.02. The molecule has 1 aromatic heterocycles. The summed E-state index contributed by atoms with van der Waals surface area (Å²) in [4.78, 5) is 4.21. The number of pyridine rings is 1. The van der Waals surface area contributed by atoms with E-state index in [0.29, 0.717) is 5.92 Å². The molecule has 0 amide bonds. The minimum absolute atomic E-state index is 0.215. The second kappa shape index (κ2) is 5.83. The van der Waals surface area contributed by atoms with Gasteiger partial charge >= 0.3 is 0 Å². The van der Waals surface area contributed by atoms with Crippen LogP contribution in [0.4, 0.5) is 0 Å². The van der Waals surface area contributed by atoms with Crippen LogP contribution in [0.3, 0.4) is 0 Å². The Balaban J connectivity index is 2.90. The van der Waals surface area contributed by atoms with Crippen molar-refractivity contribution >= 4 is 0 Å². The van der Waals surface area contributed by atoms with Crippen molar-refractivity contribution in [2.75, 3.05) is 0 Å². The minimum atomic E-state index is 0.215. The molecule has 1 aromatic rings. The smallest absolute Gasteiger partial charge is 0.0503 e. The number of hydrogen-bond acceptors (Lipinski definition) is 3. The van der Waals surface area contributed by atoms with Crippen molar-refractivity contribution in [3.8, 4) is 0 Å². The first-order chi connectivity index (χ1) is 7.22. The number of hydrazine groups is 1. The van der Waals surface area contributed by atoms with E-state index in [4.69, 9.17) is 5.84 Å². The maximum Gasteiger partial charge on any atom is 0.0503 e. The van der Waals surface area contributed by atoms with E-state index in [0.717, 1.165) is 12.8 Å². The van der Waals surface area contributed by atoms with Crippen molar-refractivity contribution in [2.45, 2.75) is 39.7 Å². The molecule has 0 aromatic carbocycles. The van der Waals surface area contributed by atoms with E-state index < -0.39 is 0 Å². The van der Waals surface area contributed by atoms with Gasteiger partial charge in [0.15, 0.2) is 0 Å². The Bertz CT molecular complexity index is 295. The van der Waals surface area contributed by atoms with Crippen LogP contribution in [-0.4, -0.2) is 4.98 Å². The van der Waals surface area contributed by atoms with Crippen LogP contribution in [0.25, 0.3) is 0 Å². The summed E-state index contributed by atoms with van der Waals surface area (Å²) < 4.78 is 0. The van der Waals surface area contributed by atoms with E-state index in [1.54, 1.807) is 0 Å². The van der Waals surface area contributed by atoms with Crippen LogP contribution in [0, 0.1) is 12.8 Å².